The van der Waals surface area contributed by atoms with E-state index < -0.39 is 0 Å². The van der Waals surface area contributed by atoms with Crippen molar-refractivity contribution in [2.75, 3.05) is 26.7 Å². The minimum absolute atomic E-state index is 0.164. The quantitative estimate of drug-likeness (QED) is 0.839. The van der Waals surface area contributed by atoms with Crippen molar-refractivity contribution in [1.82, 2.24) is 9.80 Å². The van der Waals surface area contributed by atoms with Gasteiger partial charge in [0.25, 0.3) is 0 Å². The molecule has 2 aliphatic rings. The van der Waals surface area contributed by atoms with Gasteiger partial charge < -0.3 is 9.80 Å². The molecule has 0 aliphatic carbocycles. The van der Waals surface area contributed by atoms with E-state index in [4.69, 9.17) is 0 Å². The standard InChI is InChI=1S/C18H25FN2O/c1-13-9-16(19)11-15-5-8-21(12-17(13)15)18(22)10-14-3-6-20(2)7-4-14/h9,11,14H,3-8,10,12H2,1-2H3. The Hall–Kier alpha value is -1.42. The molecule has 2 aliphatic heterocycles. The Morgan fingerprint density at radius 3 is 2.73 bits per heavy atom. The maximum atomic E-state index is 13.5. The zero-order valence-corrected chi connectivity index (χ0v) is 13.6. The van der Waals surface area contributed by atoms with Gasteiger partial charge in [0, 0.05) is 19.5 Å². The van der Waals surface area contributed by atoms with E-state index in [2.05, 4.69) is 11.9 Å². The number of benzene rings is 1. The predicted molar refractivity (Wildman–Crippen MR) is 85.1 cm³/mol. The van der Waals surface area contributed by atoms with Gasteiger partial charge in [0.05, 0.1) is 0 Å². The summed E-state index contributed by atoms with van der Waals surface area (Å²) in [5.41, 5.74) is 3.18. The maximum absolute atomic E-state index is 13.5. The number of amides is 1. The second-order valence-electron chi connectivity index (χ2n) is 6.88. The molecule has 0 aromatic heterocycles. The summed E-state index contributed by atoms with van der Waals surface area (Å²) in [5, 5.41) is 0. The van der Waals surface area contributed by atoms with Gasteiger partial charge in [-0.25, -0.2) is 4.39 Å². The lowest BCUT2D eigenvalue weighted by Crippen LogP contribution is -2.39. The first-order valence-electron chi connectivity index (χ1n) is 8.27. The molecular formula is C18H25FN2O. The Kier molecular flexibility index (Phi) is 4.48. The summed E-state index contributed by atoms with van der Waals surface area (Å²) < 4.78 is 13.5. The van der Waals surface area contributed by atoms with Gasteiger partial charge >= 0.3 is 0 Å². The molecule has 0 N–H and O–H groups in total. The number of piperidine rings is 1. The van der Waals surface area contributed by atoms with E-state index in [-0.39, 0.29) is 11.7 Å². The van der Waals surface area contributed by atoms with E-state index in [9.17, 15) is 9.18 Å². The second kappa shape index (κ2) is 6.37. The topological polar surface area (TPSA) is 23.6 Å². The van der Waals surface area contributed by atoms with Gasteiger partial charge in [0.15, 0.2) is 0 Å². The fourth-order valence-electron chi connectivity index (χ4n) is 3.67. The molecule has 3 rings (SSSR count). The number of carbonyl (C=O) groups is 1. The predicted octanol–water partition coefficient (Wildman–Crippen LogP) is 2.75. The number of aryl methyl sites for hydroxylation is 1. The average molecular weight is 304 g/mol. The van der Waals surface area contributed by atoms with Gasteiger partial charge in [-0.1, -0.05) is 0 Å². The Bertz CT molecular complexity index is 564. The molecule has 1 fully saturated rings. The Morgan fingerprint density at radius 2 is 2.00 bits per heavy atom. The summed E-state index contributed by atoms with van der Waals surface area (Å²) in [7, 11) is 2.14. The third-order valence-electron chi connectivity index (χ3n) is 5.18. The lowest BCUT2D eigenvalue weighted by Gasteiger charge is -2.33. The summed E-state index contributed by atoms with van der Waals surface area (Å²) in [6.07, 6.45) is 3.68. The average Bonchev–Trinajstić information content (AvgIpc) is 2.49. The lowest BCUT2D eigenvalue weighted by molar-refractivity contribution is -0.133. The minimum Gasteiger partial charge on any atom is -0.338 e. The molecule has 2 heterocycles. The van der Waals surface area contributed by atoms with Crippen molar-refractivity contribution < 1.29 is 9.18 Å². The van der Waals surface area contributed by atoms with Crippen molar-refractivity contribution in [3.8, 4) is 0 Å². The smallest absolute Gasteiger partial charge is 0.223 e. The SMILES string of the molecule is Cc1cc(F)cc2c1CN(C(=O)CC1CCN(C)CC1)CC2. The highest BCUT2D eigenvalue weighted by atomic mass is 19.1. The molecule has 0 saturated carbocycles. The van der Waals surface area contributed by atoms with Crippen LogP contribution in [0.4, 0.5) is 4.39 Å². The number of rotatable bonds is 2. The molecule has 0 bridgehead atoms. The molecule has 0 radical (unpaired) electrons. The third-order valence-corrected chi connectivity index (χ3v) is 5.18. The minimum atomic E-state index is -0.164. The number of halogens is 1. The molecule has 0 spiro atoms. The van der Waals surface area contributed by atoms with Crippen molar-refractivity contribution >= 4 is 5.91 Å². The van der Waals surface area contributed by atoms with Crippen LogP contribution in [0.5, 0.6) is 0 Å². The normalized spacial score (nSPS) is 20.0. The highest BCUT2D eigenvalue weighted by Crippen LogP contribution is 2.26. The third kappa shape index (κ3) is 3.32. The molecule has 22 heavy (non-hydrogen) atoms. The van der Waals surface area contributed by atoms with Crippen LogP contribution in [0.15, 0.2) is 12.1 Å². The van der Waals surface area contributed by atoms with Gasteiger partial charge in [-0.15, -0.1) is 0 Å². The lowest BCUT2D eigenvalue weighted by atomic mass is 9.91. The van der Waals surface area contributed by atoms with Crippen molar-refractivity contribution in [2.45, 2.75) is 39.2 Å². The van der Waals surface area contributed by atoms with E-state index in [1.165, 1.54) is 0 Å². The van der Waals surface area contributed by atoms with E-state index in [1.54, 1.807) is 12.1 Å². The summed E-state index contributed by atoms with van der Waals surface area (Å²) in [6.45, 7) is 5.50. The van der Waals surface area contributed by atoms with Crippen molar-refractivity contribution in [1.29, 1.82) is 0 Å². The van der Waals surface area contributed by atoms with Crippen LogP contribution in [0.3, 0.4) is 0 Å². The molecule has 0 atom stereocenters. The first-order chi connectivity index (χ1) is 10.5. The van der Waals surface area contributed by atoms with Crippen LogP contribution in [0.2, 0.25) is 0 Å². The summed E-state index contributed by atoms with van der Waals surface area (Å²) in [4.78, 5) is 16.9. The number of likely N-dealkylation sites (tertiary alicyclic amines) is 1. The summed E-state index contributed by atoms with van der Waals surface area (Å²) >= 11 is 0. The van der Waals surface area contributed by atoms with Gasteiger partial charge in [0.1, 0.15) is 5.82 Å². The highest BCUT2D eigenvalue weighted by molar-refractivity contribution is 5.77. The van der Waals surface area contributed by atoms with E-state index in [0.29, 0.717) is 18.9 Å². The summed E-state index contributed by atoms with van der Waals surface area (Å²) in [5.74, 6) is 0.630. The Morgan fingerprint density at radius 1 is 1.27 bits per heavy atom. The molecule has 4 heteroatoms. The second-order valence-corrected chi connectivity index (χ2v) is 6.88. The zero-order chi connectivity index (χ0) is 15.7. The molecule has 120 valence electrons. The first-order valence-corrected chi connectivity index (χ1v) is 8.27. The van der Waals surface area contributed by atoms with Gasteiger partial charge in [-0.3, -0.25) is 4.79 Å². The van der Waals surface area contributed by atoms with Gasteiger partial charge in [0.2, 0.25) is 5.91 Å². The van der Waals surface area contributed by atoms with Crippen molar-refractivity contribution in [3.63, 3.8) is 0 Å². The Balaban J connectivity index is 1.63. The molecule has 3 nitrogen and oxygen atoms in total. The molecule has 1 amide bonds. The van der Waals surface area contributed by atoms with Crippen LogP contribution in [0, 0.1) is 18.7 Å². The molecule has 1 saturated heterocycles. The largest absolute Gasteiger partial charge is 0.338 e. The fourth-order valence-corrected chi connectivity index (χ4v) is 3.67. The van der Waals surface area contributed by atoms with Crippen LogP contribution in [-0.4, -0.2) is 42.4 Å². The van der Waals surface area contributed by atoms with E-state index in [1.807, 2.05) is 11.8 Å². The number of hydrogen-bond acceptors (Lipinski definition) is 2. The van der Waals surface area contributed by atoms with Crippen LogP contribution in [-0.2, 0) is 17.8 Å². The van der Waals surface area contributed by atoms with Crippen LogP contribution >= 0.6 is 0 Å². The molecule has 0 unspecified atom stereocenters. The molecular weight excluding hydrogens is 279 g/mol. The maximum Gasteiger partial charge on any atom is 0.223 e. The fraction of sp³-hybridized carbons (Fsp3) is 0.611. The number of fused-ring (bicyclic) bond motifs is 1. The van der Waals surface area contributed by atoms with Crippen LogP contribution < -0.4 is 0 Å². The highest BCUT2D eigenvalue weighted by Gasteiger charge is 2.26. The van der Waals surface area contributed by atoms with Crippen molar-refractivity contribution in [3.05, 3.63) is 34.6 Å². The van der Waals surface area contributed by atoms with Crippen molar-refractivity contribution in [2.24, 2.45) is 5.92 Å². The molecule has 1 aromatic rings. The van der Waals surface area contributed by atoms with Crippen LogP contribution in [0.25, 0.3) is 0 Å². The molecule has 1 aromatic carbocycles. The number of carbonyl (C=O) groups excluding carboxylic acids is 1. The monoisotopic (exact) mass is 304 g/mol. The number of hydrogen-bond donors (Lipinski definition) is 0. The van der Waals surface area contributed by atoms with Gasteiger partial charge in [-0.05, 0) is 81.1 Å². The van der Waals surface area contributed by atoms with Crippen LogP contribution in [0.1, 0.15) is 36.0 Å². The van der Waals surface area contributed by atoms with E-state index in [0.717, 1.165) is 55.6 Å². The number of nitrogens with zero attached hydrogens (tertiary/aromatic N) is 2. The van der Waals surface area contributed by atoms with Gasteiger partial charge in [-0.2, -0.15) is 0 Å². The zero-order valence-electron chi connectivity index (χ0n) is 13.6. The Labute approximate surface area is 132 Å². The first kappa shape index (κ1) is 15.5. The summed E-state index contributed by atoms with van der Waals surface area (Å²) in [6, 6.07) is 3.20. The van der Waals surface area contributed by atoms with E-state index >= 15 is 0 Å².